The standard InChI is InChI=1S/C3H6ClO.CH3.Y/c1-2-5-3-4;;/h1-3H2;1H3;/q2*-1;. The molecule has 0 fully saturated rings. The maximum atomic E-state index is 5.04. The van der Waals surface area contributed by atoms with Gasteiger partial charge in [0.05, 0.1) is 0 Å². The fraction of sp³-hybridized carbons (Fsp3) is 0.500. The third-order valence-electron chi connectivity index (χ3n) is 0.221. The van der Waals surface area contributed by atoms with Gasteiger partial charge in [0, 0.05) is 32.7 Å². The molecule has 0 aliphatic heterocycles. The molecule has 0 aromatic carbocycles. The Hall–Kier alpha value is 1.35. The van der Waals surface area contributed by atoms with E-state index in [0.29, 0.717) is 6.61 Å². The van der Waals surface area contributed by atoms with Crippen LogP contribution in [0.25, 0.3) is 0 Å². The van der Waals surface area contributed by atoms with E-state index in [1.54, 1.807) is 0 Å². The fourth-order valence-corrected chi connectivity index (χ4v) is 0.164. The van der Waals surface area contributed by atoms with Crippen LogP contribution in [-0.4, -0.2) is 12.7 Å². The molecule has 0 N–H and O–H groups in total. The molecule has 0 saturated carbocycles. The van der Waals surface area contributed by atoms with E-state index in [4.69, 9.17) is 11.6 Å². The second kappa shape index (κ2) is 15.7. The first-order chi connectivity index (χ1) is 2.41. The minimum atomic E-state index is 0. The molecule has 7 heavy (non-hydrogen) atoms. The molecule has 0 aromatic rings. The van der Waals surface area contributed by atoms with Gasteiger partial charge in [0.15, 0.2) is 0 Å². The molecular weight excluding hydrogens is 188 g/mol. The number of rotatable bonds is 2. The van der Waals surface area contributed by atoms with Gasteiger partial charge in [-0.2, -0.15) is 0 Å². The summed E-state index contributed by atoms with van der Waals surface area (Å²) in [5.74, 6) is 0. The van der Waals surface area contributed by atoms with Gasteiger partial charge in [-0.1, -0.05) is 18.2 Å². The summed E-state index contributed by atoms with van der Waals surface area (Å²) in [6.07, 6.45) is 0. The number of hydrogen-bond acceptors (Lipinski definition) is 1. The van der Waals surface area contributed by atoms with Gasteiger partial charge in [-0.05, 0) is 0 Å². The van der Waals surface area contributed by atoms with Crippen LogP contribution >= 0.6 is 11.6 Å². The van der Waals surface area contributed by atoms with Crippen molar-refractivity contribution in [1.82, 2.24) is 0 Å². The van der Waals surface area contributed by atoms with Crippen molar-refractivity contribution in [3.63, 3.8) is 0 Å². The first kappa shape index (κ1) is 15.8. The Balaban J connectivity index is -0.0000000800. The quantitative estimate of drug-likeness (QED) is 0.481. The van der Waals surface area contributed by atoms with Crippen molar-refractivity contribution in [2.45, 2.75) is 0 Å². The van der Waals surface area contributed by atoms with Gasteiger partial charge in [-0.25, -0.2) is 0 Å². The predicted molar refractivity (Wildman–Crippen MR) is 28.4 cm³/mol. The van der Waals surface area contributed by atoms with E-state index in [2.05, 4.69) is 11.7 Å². The van der Waals surface area contributed by atoms with E-state index in [9.17, 15) is 0 Å². The van der Waals surface area contributed by atoms with Crippen LogP contribution in [-0.2, 0) is 37.4 Å². The SMILES string of the molecule is [CH2-]COCCl.[CH3-].[Y]. The van der Waals surface area contributed by atoms with E-state index in [-0.39, 0.29) is 46.2 Å². The summed E-state index contributed by atoms with van der Waals surface area (Å²) in [5.41, 5.74) is 0. The van der Waals surface area contributed by atoms with Crippen LogP contribution in [0, 0.1) is 14.4 Å². The summed E-state index contributed by atoms with van der Waals surface area (Å²) in [5, 5.41) is 0. The zero-order valence-corrected chi connectivity index (χ0v) is 8.08. The van der Waals surface area contributed by atoms with Crippen LogP contribution in [0.15, 0.2) is 0 Å². The molecule has 43 valence electrons. The zero-order chi connectivity index (χ0) is 4.12. The summed E-state index contributed by atoms with van der Waals surface area (Å²) < 4.78 is 4.49. The van der Waals surface area contributed by atoms with Crippen molar-refractivity contribution in [2.24, 2.45) is 0 Å². The minimum Gasteiger partial charge on any atom is -0.398 e. The topological polar surface area (TPSA) is 9.23 Å². The van der Waals surface area contributed by atoms with Gasteiger partial charge in [0.1, 0.15) is 6.07 Å². The van der Waals surface area contributed by atoms with Crippen LogP contribution in [0.2, 0.25) is 0 Å². The third kappa shape index (κ3) is 18.7. The molecule has 0 heterocycles. The van der Waals surface area contributed by atoms with Gasteiger partial charge < -0.3 is 19.1 Å². The summed E-state index contributed by atoms with van der Waals surface area (Å²) >= 11 is 5.04. The van der Waals surface area contributed by atoms with Crippen molar-refractivity contribution in [1.29, 1.82) is 0 Å². The smallest absolute Gasteiger partial charge is 0.117 e. The minimum absolute atomic E-state index is 0. The normalized spacial score (nSPS) is 6.00. The monoisotopic (exact) mass is 197 g/mol. The molecule has 0 aromatic heterocycles. The van der Waals surface area contributed by atoms with Crippen LogP contribution in [0.4, 0.5) is 0 Å². The zero-order valence-electron chi connectivity index (χ0n) is 4.48. The van der Waals surface area contributed by atoms with E-state index >= 15 is 0 Å². The maximum Gasteiger partial charge on any atom is 0.117 e. The van der Waals surface area contributed by atoms with E-state index in [1.165, 1.54) is 0 Å². The molecule has 1 radical (unpaired) electrons. The molecule has 0 saturated heterocycles. The average molecular weight is 197 g/mol. The number of halogens is 1. The molecule has 0 rings (SSSR count). The second-order valence-corrected chi connectivity index (χ2v) is 0.736. The Labute approximate surface area is 75.6 Å². The summed E-state index contributed by atoms with van der Waals surface area (Å²) in [7, 11) is 0. The molecular formula is C4H9ClOY-2. The van der Waals surface area contributed by atoms with Crippen LogP contribution < -0.4 is 0 Å². The molecule has 0 aliphatic carbocycles. The van der Waals surface area contributed by atoms with Crippen molar-refractivity contribution < 1.29 is 37.4 Å². The Kier molecular flexibility index (Phi) is 35.3. The maximum absolute atomic E-state index is 5.04. The molecule has 1 nitrogen and oxygen atoms in total. The largest absolute Gasteiger partial charge is 0.398 e. The van der Waals surface area contributed by atoms with Gasteiger partial charge >= 0.3 is 0 Å². The van der Waals surface area contributed by atoms with Crippen LogP contribution in [0.3, 0.4) is 0 Å². The van der Waals surface area contributed by atoms with Crippen LogP contribution in [0.5, 0.6) is 0 Å². The Bertz CT molecular complexity index is 19.2. The van der Waals surface area contributed by atoms with Gasteiger partial charge in [0.2, 0.25) is 0 Å². The van der Waals surface area contributed by atoms with E-state index < -0.39 is 0 Å². The van der Waals surface area contributed by atoms with Crippen molar-refractivity contribution >= 4 is 11.6 Å². The van der Waals surface area contributed by atoms with E-state index in [1.807, 2.05) is 0 Å². The van der Waals surface area contributed by atoms with Crippen molar-refractivity contribution in [2.75, 3.05) is 12.7 Å². The first-order valence-corrected chi connectivity index (χ1v) is 1.88. The molecule has 0 atom stereocenters. The van der Waals surface area contributed by atoms with Crippen molar-refractivity contribution in [3.05, 3.63) is 14.4 Å². The molecule has 0 spiro atoms. The molecule has 0 unspecified atom stereocenters. The predicted octanol–water partition coefficient (Wildman–Crippen LogP) is 1.48. The third-order valence-corrected chi connectivity index (χ3v) is 0.376. The molecule has 0 bridgehead atoms. The van der Waals surface area contributed by atoms with Gasteiger partial charge in [-0.15, -0.1) is 0 Å². The van der Waals surface area contributed by atoms with E-state index in [0.717, 1.165) is 0 Å². The fourth-order valence-electron chi connectivity index (χ4n) is 0.0546. The average Bonchev–Trinajstić information content (AvgIpc) is 1.41. The Morgan fingerprint density at radius 3 is 2.00 bits per heavy atom. The molecule has 0 aliphatic rings. The molecule has 0 amide bonds. The van der Waals surface area contributed by atoms with Crippen molar-refractivity contribution in [3.8, 4) is 0 Å². The summed E-state index contributed by atoms with van der Waals surface area (Å²) in [4.78, 5) is 0. The van der Waals surface area contributed by atoms with Gasteiger partial charge in [-0.3, -0.25) is 0 Å². The first-order valence-electron chi connectivity index (χ1n) is 1.34. The summed E-state index contributed by atoms with van der Waals surface area (Å²) in [6, 6.07) is 0.253. The Morgan fingerprint density at radius 1 is 1.57 bits per heavy atom. The van der Waals surface area contributed by atoms with Crippen LogP contribution in [0.1, 0.15) is 0 Å². The second-order valence-electron chi connectivity index (χ2n) is 0.517. The summed E-state index contributed by atoms with van der Waals surface area (Å²) in [6.45, 7) is 3.83. The van der Waals surface area contributed by atoms with Gasteiger partial charge in [0.25, 0.3) is 0 Å². The number of hydrogen-bond donors (Lipinski definition) is 0. The molecule has 3 heteroatoms. The Morgan fingerprint density at radius 2 is 2.00 bits per heavy atom. The number of alkyl halides is 1. The number of ether oxygens (including phenoxy) is 1.